The maximum absolute atomic E-state index is 13.0. The maximum atomic E-state index is 13.0. The highest BCUT2D eigenvalue weighted by Gasteiger charge is 2.59. The molecule has 0 aliphatic heterocycles. The van der Waals surface area contributed by atoms with E-state index in [2.05, 4.69) is 59.4 Å². The summed E-state index contributed by atoms with van der Waals surface area (Å²) in [5, 5.41) is 10.3. The lowest BCUT2D eigenvalue weighted by atomic mass is 9.47. The Labute approximate surface area is 203 Å². The second-order valence-corrected chi connectivity index (χ2v) is 13.4. The summed E-state index contributed by atoms with van der Waals surface area (Å²) >= 11 is 0. The van der Waals surface area contributed by atoms with E-state index >= 15 is 0 Å². The first-order chi connectivity index (χ1) is 15.5. The van der Waals surface area contributed by atoms with Gasteiger partial charge in [-0.05, 0) is 126 Å². The minimum Gasteiger partial charge on any atom is -0.393 e. The van der Waals surface area contributed by atoms with Crippen LogP contribution in [0, 0.1) is 40.4 Å². The van der Waals surface area contributed by atoms with Crippen molar-refractivity contribution < 1.29 is 9.90 Å². The molecule has 1 N–H and O–H groups in total. The lowest BCUT2D eigenvalue weighted by molar-refractivity contribution is -0.135. The third-order valence-electron chi connectivity index (χ3n) is 11.1. The molecule has 1 unspecified atom stereocenters. The van der Waals surface area contributed by atoms with E-state index in [0.29, 0.717) is 29.1 Å². The molecule has 3 nitrogen and oxygen atoms in total. The SMILES string of the molecule is CC(CCC(=O)N(C(C)C)C(C)C)[C@H]1CC[C@H]2[C@@H]3CC=C4C[C@@H](O)CC[C@]4(C)[C@H]3CC[C@]12C. The summed E-state index contributed by atoms with van der Waals surface area (Å²) in [5.74, 6) is 4.19. The van der Waals surface area contributed by atoms with E-state index in [1.165, 1.54) is 38.5 Å². The van der Waals surface area contributed by atoms with Crippen molar-refractivity contribution in [3.63, 3.8) is 0 Å². The Morgan fingerprint density at radius 2 is 1.73 bits per heavy atom. The molecule has 0 aromatic rings. The number of carbonyl (C=O) groups excluding carboxylic acids is 1. The molecule has 3 heteroatoms. The van der Waals surface area contributed by atoms with Crippen LogP contribution in [0.3, 0.4) is 0 Å². The van der Waals surface area contributed by atoms with Gasteiger partial charge in [0.05, 0.1) is 6.10 Å². The Kier molecular flexibility index (Phi) is 7.14. The summed E-state index contributed by atoms with van der Waals surface area (Å²) < 4.78 is 0. The van der Waals surface area contributed by atoms with Gasteiger partial charge in [-0.3, -0.25) is 4.79 Å². The summed E-state index contributed by atoms with van der Waals surface area (Å²) in [5.41, 5.74) is 2.35. The first-order valence-corrected chi connectivity index (χ1v) is 14.2. The number of allylic oxidation sites excluding steroid dienone is 1. The van der Waals surface area contributed by atoms with Gasteiger partial charge >= 0.3 is 0 Å². The number of fused-ring (bicyclic) bond motifs is 5. The van der Waals surface area contributed by atoms with Crippen LogP contribution in [0.4, 0.5) is 0 Å². The number of rotatable bonds is 6. The van der Waals surface area contributed by atoms with Gasteiger partial charge in [-0.1, -0.05) is 32.4 Å². The van der Waals surface area contributed by atoms with Crippen LogP contribution in [0.15, 0.2) is 11.6 Å². The summed E-state index contributed by atoms with van der Waals surface area (Å²) in [6.07, 6.45) is 13.9. The lowest BCUT2D eigenvalue weighted by Gasteiger charge is -2.58. The van der Waals surface area contributed by atoms with Gasteiger partial charge in [0.2, 0.25) is 5.91 Å². The number of hydrogen-bond donors (Lipinski definition) is 1. The molecular weight excluding hydrogens is 406 g/mol. The van der Waals surface area contributed by atoms with Crippen molar-refractivity contribution in [2.75, 3.05) is 0 Å². The van der Waals surface area contributed by atoms with Crippen LogP contribution in [-0.2, 0) is 4.79 Å². The van der Waals surface area contributed by atoms with E-state index in [4.69, 9.17) is 0 Å². The first kappa shape index (κ1) is 25.3. The number of aliphatic hydroxyl groups is 1. The van der Waals surface area contributed by atoms with E-state index < -0.39 is 0 Å². The minimum atomic E-state index is -0.114. The molecule has 0 saturated heterocycles. The quantitative estimate of drug-likeness (QED) is 0.437. The number of aliphatic hydroxyl groups excluding tert-OH is 1. The molecule has 0 spiro atoms. The Balaban J connectivity index is 1.44. The van der Waals surface area contributed by atoms with Crippen molar-refractivity contribution in [3.8, 4) is 0 Å². The zero-order valence-electron chi connectivity index (χ0n) is 22.6. The first-order valence-electron chi connectivity index (χ1n) is 14.2. The van der Waals surface area contributed by atoms with Crippen LogP contribution in [0.25, 0.3) is 0 Å². The van der Waals surface area contributed by atoms with Crippen molar-refractivity contribution in [1.29, 1.82) is 0 Å². The standard InChI is InChI=1S/C30H51NO2/c1-19(2)31(20(3)4)28(33)13-8-21(5)25-11-12-26-24-10-9-22-18-23(32)14-16-29(22,6)27(24)15-17-30(25,26)7/h9,19-21,23-27,32H,8,10-18H2,1-7H3/t21?,23-,24-,25+,26-,27-,29-,30+/m0/s1. The van der Waals surface area contributed by atoms with Crippen LogP contribution in [0.2, 0.25) is 0 Å². The molecule has 1 amide bonds. The molecule has 0 radical (unpaired) electrons. The van der Waals surface area contributed by atoms with E-state index in [-0.39, 0.29) is 18.2 Å². The van der Waals surface area contributed by atoms with Gasteiger partial charge in [0.25, 0.3) is 0 Å². The highest BCUT2D eigenvalue weighted by Crippen LogP contribution is 2.67. The van der Waals surface area contributed by atoms with Crippen molar-refractivity contribution in [3.05, 3.63) is 11.6 Å². The predicted octanol–water partition coefficient (Wildman–Crippen LogP) is 6.99. The molecule has 4 aliphatic carbocycles. The van der Waals surface area contributed by atoms with Crippen LogP contribution < -0.4 is 0 Å². The van der Waals surface area contributed by atoms with Crippen LogP contribution in [0.5, 0.6) is 0 Å². The number of hydrogen-bond acceptors (Lipinski definition) is 2. The molecule has 8 atom stereocenters. The smallest absolute Gasteiger partial charge is 0.223 e. The summed E-state index contributed by atoms with van der Waals surface area (Å²) in [7, 11) is 0. The monoisotopic (exact) mass is 457 g/mol. The molecule has 33 heavy (non-hydrogen) atoms. The molecule has 0 aromatic carbocycles. The van der Waals surface area contributed by atoms with Crippen molar-refractivity contribution in [2.24, 2.45) is 40.4 Å². The summed E-state index contributed by atoms with van der Waals surface area (Å²) in [6, 6.07) is 0.561. The molecule has 4 rings (SSSR count). The van der Waals surface area contributed by atoms with E-state index in [1.54, 1.807) is 5.57 Å². The highest BCUT2D eigenvalue weighted by atomic mass is 16.3. The Hall–Kier alpha value is -0.830. The van der Waals surface area contributed by atoms with Crippen molar-refractivity contribution in [1.82, 2.24) is 4.90 Å². The van der Waals surface area contributed by atoms with Crippen molar-refractivity contribution >= 4 is 5.91 Å². The number of nitrogens with zero attached hydrogens (tertiary/aromatic N) is 1. The Morgan fingerprint density at radius 1 is 1.03 bits per heavy atom. The zero-order valence-corrected chi connectivity index (χ0v) is 22.6. The van der Waals surface area contributed by atoms with E-state index in [9.17, 15) is 9.90 Å². The van der Waals surface area contributed by atoms with Crippen LogP contribution >= 0.6 is 0 Å². The Bertz CT molecular complexity index is 748. The van der Waals surface area contributed by atoms with E-state index in [0.717, 1.165) is 42.9 Å². The molecule has 0 bridgehead atoms. The van der Waals surface area contributed by atoms with Gasteiger partial charge in [-0.15, -0.1) is 0 Å². The van der Waals surface area contributed by atoms with Gasteiger partial charge in [0, 0.05) is 18.5 Å². The lowest BCUT2D eigenvalue weighted by Crippen LogP contribution is -2.50. The normalized spacial score (nSPS) is 41.3. The molecule has 3 saturated carbocycles. The fraction of sp³-hybridized carbons (Fsp3) is 0.900. The Morgan fingerprint density at radius 3 is 2.39 bits per heavy atom. The average Bonchev–Trinajstić information content (AvgIpc) is 3.09. The van der Waals surface area contributed by atoms with Crippen molar-refractivity contribution in [2.45, 2.75) is 131 Å². The van der Waals surface area contributed by atoms with Gasteiger partial charge < -0.3 is 10.0 Å². The fourth-order valence-corrected chi connectivity index (χ4v) is 9.47. The van der Waals surface area contributed by atoms with E-state index in [1.807, 2.05) is 0 Å². The second-order valence-electron chi connectivity index (χ2n) is 13.4. The minimum absolute atomic E-state index is 0.114. The topological polar surface area (TPSA) is 40.5 Å². The van der Waals surface area contributed by atoms with Crippen LogP contribution in [0.1, 0.15) is 113 Å². The fourth-order valence-electron chi connectivity index (χ4n) is 9.47. The van der Waals surface area contributed by atoms with Crippen LogP contribution in [-0.4, -0.2) is 34.1 Å². The van der Waals surface area contributed by atoms with Gasteiger partial charge in [0.15, 0.2) is 0 Å². The van der Waals surface area contributed by atoms with Gasteiger partial charge in [0.1, 0.15) is 0 Å². The molecule has 0 aromatic heterocycles. The third kappa shape index (κ3) is 4.34. The molecule has 4 aliphatic rings. The molecular formula is C30H51NO2. The number of amides is 1. The summed E-state index contributed by atoms with van der Waals surface area (Å²) in [4.78, 5) is 15.1. The predicted molar refractivity (Wildman–Crippen MR) is 137 cm³/mol. The number of carbonyl (C=O) groups is 1. The highest BCUT2D eigenvalue weighted by molar-refractivity contribution is 5.76. The maximum Gasteiger partial charge on any atom is 0.223 e. The summed E-state index contributed by atoms with van der Waals surface area (Å²) in [6.45, 7) is 16.1. The molecule has 3 fully saturated rings. The second kappa shape index (κ2) is 9.32. The zero-order chi connectivity index (χ0) is 24.1. The largest absolute Gasteiger partial charge is 0.393 e. The van der Waals surface area contributed by atoms with Gasteiger partial charge in [-0.25, -0.2) is 0 Å². The third-order valence-corrected chi connectivity index (χ3v) is 11.1. The molecule has 0 heterocycles. The average molecular weight is 458 g/mol. The van der Waals surface area contributed by atoms with Gasteiger partial charge in [-0.2, -0.15) is 0 Å². The molecule has 188 valence electrons.